The lowest BCUT2D eigenvalue weighted by molar-refractivity contribution is 0.0501. The summed E-state index contributed by atoms with van der Waals surface area (Å²) in [5.41, 5.74) is 0.465. The third-order valence-electron chi connectivity index (χ3n) is 2.66. The van der Waals surface area contributed by atoms with Gasteiger partial charge in [0.1, 0.15) is 6.61 Å². The van der Waals surface area contributed by atoms with E-state index in [9.17, 15) is 4.79 Å². The van der Waals surface area contributed by atoms with Crippen molar-refractivity contribution in [1.29, 1.82) is 0 Å². The smallest absolute Gasteiger partial charge is 0.339 e. The number of hydrogen-bond acceptors (Lipinski definition) is 3. The van der Waals surface area contributed by atoms with Gasteiger partial charge in [0.2, 0.25) is 0 Å². The van der Waals surface area contributed by atoms with E-state index in [-0.39, 0.29) is 18.0 Å². The number of alkyl halides is 1. The summed E-state index contributed by atoms with van der Waals surface area (Å²) < 4.78 is 5.14. The van der Waals surface area contributed by atoms with Gasteiger partial charge in [-0.1, -0.05) is 32.6 Å². The molecule has 4 heteroatoms. The number of pyridine rings is 1. The molecule has 0 amide bonds. The van der Waals surface area contributed by atoms with E-state index < -0.39 is 0 Å². The number of rotatable bonds is 8. The topological polar surface area (TPSA) is 39.2 Å². The van der Waals surface area contributed by atoms with Gasteiger partial charge in [-0.05, 0) is 18.6 Å². The van der Waals surface area contributed by atoms with Crippen LogP contribution in [0.15, 0.2) is 24.5 Å². The monoisotopic (exact) mass is 269 g/mol. The summed E-state index contributed by atoms with van der Waals surface area (Å²) in [6.07, 6.45) is 8.73. The number of nitrogens with zero attached hydrogens (tertiary/aromatic N) is 1. The molecule has 1 atom stereocenters. The van der Waals surface area contributed by atoms with Crippen molar-refractivity contribution in [2.24, 2.45) is 0 Å². The third kappa shape index (κ3) is 6.01. The van der Waals surface area contributed by atoms with Crippen LogP contribution < -0.4 is 0 Å². The van der Waals surface area contributed by atoms with Crippen molar-refractivity contribution in [2.75, 3.05) is 6.61 Å². The predicted molar refractivity (Wildman–Crippen MR) is 72.9 cm³/mol. The molecule has 0 aromatic carbocycles. The number of halogens is 1. The zero-order valence-electron chi connectivity index (χ0n) is 10.8. The maximum absolute atomic E-state index is 11.6. The van der Waals surface area contributed by atoms with Gasteiger partial charge in [0.15, 0.2) is 0 Å². The summed E-state index contributed by atoms with van der Waals surface area (Å²) >= 11 is 6.10. The summed E-state index contributed by atoms with van der Waals surface area (Å²) in [5, 5.41) is -0.0949. The highest BCUT2D eigenvalue weighted by molar-refractivity contribution is 6.20. The van der Waals surface area contributed by atoms with Crippen LogP contribution in [0.2, 0.25) is 0 Å². The fourth-order valence-corrected chi connectivity index (χ4v) is 1.83. The number of ether oxygens (including phenoxy) is 1. The number of hydrogen-bond donors (Lipinski definition) is 0. The Hall–Kier alpha value is -1.09. The van der Waals surface area contributed by atoms with Gasteiger partial charge in [0.05, 0.1) is 10.9 Å². The van der Waals surface area contributed by atoms with Crippen LogP contribution in [0.5, 0.6) is 0 Å². The molecule has 0 saturated carbocycles. The second kappa shape index (κ2) is 8.92. The Balaban J connectivity index is 2.18. The average molecular weight is 270 g/mol. The SMILES string of the molecule is CCCCCCC(Cl)COC(=O)c1cccnc1. The minimum Gasteiger partial charge on any atom is -0.460 e. The van der Waals surface area contributed by atoms with E-state index in [1.165, 1.54) is 25.5 Å². The zero-order chi connectivity index (χ0) is 13.2. The van der Waals surface area contributed by atoms with Crippen molar-refractivity contribution in [3.05, 3.63) is 30.1 Å². The highest BCUT2D eigenvalue weighted by atomic mass is 35.5. The number of carbonyl (C=O) groups excluding carboxylic acids is 1. The van der Waals surface area contributed by atoms with Crippen molar-refractivity contribution < 1.29 is 9.53 Å². The minimum absolute atomic E-state index is 0.0949. The van der Waals surface area contributed by atoms with Gasteiger partial charge < -0.3 is 4.74 Å². The second-order valence-corrected chi connectivity index (χ2v) is 4.90. The second-order valence-electron chi connectivity index (χ2n) is 4.29. The quantitative estimate of drug-likeness (QED) is 0.409. The van der Waals surface area contributed by atoms with E-state index in [0.717, 1.165) is 12.8 Å². The lowest BCUT2D eigenvalue weighted by Crippen LogP contribution is -2.14. The van der Waals surface area contributed by atoms with Crippen LogP contribution >= 0.6 is 11.6 Å². The molecule has 0 spiro atoms. The molecule has 1 heterocycles. The molecule has 1 rings (SSSR count). The van der Waals surface area contributed by atoms with E-state index in [1.54, 1.807) is 18.3 Å². The maximum Gasteiger partial charge on any atom is 0.339 e. The van der Waals surface area contributed by atoms with E-state index in [2.05, 4.69) is 11.9 Å². The van der Waals surface area contributed by atoms with E-state index in [0.29, 0.717) is 5.56 Å². The average Bonchev–Trinajstić information content (AvgIpc) is 2.42. The molecule has 0 fully saturated rings. The first kappa shape index (κ1) is 15.0. The van der Waals surface area contributed by atoms with Gasteiger partial charge >= 0.3 is 5.97 Å². The molecule has 3 nitrogen and oxygen atoms in total. The summed E-state index contributed by atoms with van der Waals surface area (Å²) in [4.78, 5) is 15.5. The minimum atomic E-state index is -0.359. The van der Waals surface area contributed by atoms with Crippen LogP contribution in [0.4, 0.5) is 0 Å². The third-order valence-corrected chi connectivity index (χ3v) is 3.01. The lowest BCUT2D eigenvalue weighted by Gasteiger charge is -2.10. The van der Waals surface area contributed by atoms with E-state index in [4.69, 9.17) is 16.3 Å². The summed E-state index contributed by atoms with van der Waals surface area (Å²) in [5.74, 6) is -0.359. The van der Waals surface area contributed by atoms with Crippen LogP contribution in [0.3, 0.4) is 0 Å². The molecule has 0 N–H and O–H groups in total. The molecule has 0 aliphatic heterocycles. The summed E-state index contributed by atoms with van der Waals surface area (Å²) in [6, 6.07) is 3.39. The van der Waals surface area contributed by atoms with Crippen molar-refractivity contribution in [3.8, 4) is 0 Å². The summed E-state index contributed by atoms with van der Waals surface area (Å²) in [6.45, 7) is 2.44. The first-order chi connectivity index (χ1) is 8.74. The Bertz CT molecular complexity index is 343. The van der Waals surface area contributed by atoms with Crippen LogP contribution in [-0.4, -0.2) is 22.9 Å². The molecule has 100 valence electrons. The Labute approximate surface area is 114 Å². The Morgan fingerprint density at radius 1 is 1.44 bits per heavy atom. The molecule has 18 heavy (non-hydrogen) atoms. The maximum atomic E-state index is 11.6. The molecule has 1 aromatic rings. The molecule has 0 aliphatic rings. The number of aromatic nitrogens is 1. The molecular weight excluding hydrogens is 250 g/mol. The zero-order valence-corrected chi connectivity index (χ0v) is 11.5. The summed E-state index contributed by atoms with van der Waals surface area (Å²) in [7, 11) is 0. The predicted octanol–water partition coefficient (Wildman–Crippen LogP) is 3.82. The van der Waals surface area contributed by atoms with Crippen LogP contribution in [0.1, 0.15) is 49.4 Å². The largest absolute Gasteiger partial charge is 0.460 e. The van der Waals surface area contributed by atoms with Crippen LogP contribution in [0, 0.1) is 0 Å². The van der Waals surface area contributed by atoms with Crippen molar-refractivity contribution >= 4 is 17.6 Å². The highest BCUT2D eigenvalue weighted by Crippen LogP contribution is 2.11. The van der Waals surface area contributed by atoms with E-state index >= 15 is 0 Å². The van der Waals surface area contributed by atoms with Crippen molar-refractivity contribution in [1.82, 2.24) is 4.98 Å². The van der Waals surface area contributed by atoms with Gasteiger partial charge in [0.25, 0.3) is 0 Å². The van der Waals surface area contributed by atoms with E-state index in [1.807, 2.05) is 0 Å². The molecule has 1 aromatic heterocycles. The number of esters is 1. The molecular formula is C14H20ClNO2. The number of unbranched alkanes of at least 4 members (excludes halogenated alkanes) is 3. The van der Waals surface area contributed by atoms with Crippen molar-refractivity contribution in [3.63, 3.8) is 0 Å². The normalized spacial score (nSPS) is 12.1. The fourth-order valence-electron chi connectivity index (χ4n) is 1.61. The molecule has 0 radical (unpaired) electrons. The Morgan fingerprint density at radius 2 is 2.28 bits per heavy atom. The van der Waals surface area contributed by atoms with Crippen molar-refractivity contribution in [2.45, 2.75) is 44.4 Å². The van der Waals surface area contributed by atoms with Crippen LogP contribution in [-0.2, 0) is 4.74 Å². The first-order valence-corrected chi connectivity index (χ1v) is 6.89. The molecule has 0 saturated heterocycles. The van der Waals surface area contributed by atoms with Gasteiger partial charge in [-0.15, -0.1) is 11.6 Å². The van der Waals surface area contributed by atoms with Crippen LogP contribution in [0.25, 0.3) is 0 Å². The molecule has 0 aliphatic carbocycles. The lowest BCUT2D eigenvalue weighted by atomic mass is 10.1. The Kier molecular flexibility index (Phi) is 7.42. The fraction of sp³-hybridized carbons (Fsp3) is 0.571. The Morgan fingerprint density at radius 3 is 2.94 bits per heavy atom. The molecule has 1 unspecified atom stereocenters. The number of carbonyl (C=O) groups is 1. The van der Waals surface area contributed by atoms with Gasteiger partial charge in [-0.25, -0.2) is 4.79 Å². The first-order valence-electron chi connectivity index (χ1n) is 6.45. The molecule has 0 bridgehead atoms. The van der Waals surface area contributed by atoms with Gasteiger partial charge in [0, 0.05) is 12.4 Å². The highest BCUT2D eigenvalue weighted by Gasteiger charge is 2.10. The standard InChI is InChI=1S/C14H20ClNO2/c1-2-3-4-5-8-13(15)11-18-14(17)12-7-6-9-16-10-12/h6-7,9-10,13H,2-5,8,11H2,1H3. The van der Waals surface area contributed by atoms with Gasteiger partial charge in [-0.3, -0.25) is 4.98 Å². The van der Waals surface area contributed by atoms with Gasteiger partial charge in [-0.2, -0.15) is 0 Å².